The molecule has 1 aliphatic heterocycles. The van der Waals surface area contributed by atoms with Crippen LogP contribution in [-0.4, -0.2) is 35.4 Å². The maximum absolute atomic E-state index is 13.1. The van der Waals surface area contributed by atoms with Gasteiger partial charge in [-0.1, -0.05) is 18.2 Å². The summed E-state index contributed by atoms with van der Waals surface area (Å²) in [6.45, 7) is 2.69. The van der Waals surface area contributed by atoms with Crippen molar-refractivity contribution in [3.8, 4) is 0 Å². The molecule has 2 aromatic carbocycles. The van der Waals surface area contributed by atoms with Crippen LogP contribution < -0.4 is 0 Å². The van der Waals surface area contributed by atoms with Gasteiger partial charge in [0, 0.05) is 23.7 Å². The van der Waals surface area contributed by atoms with Gasteiger partial charge in [-0.05, 0) is 30.7 Å². The van der Waals surface area contributed by atoms with Crippen molar-refractivity contribution in [1.82, 2.24) is 4.90 Å². The number of nitrogens with zero attached hydrogens (tertiary/aromatic N) is 2. The third kappa shape index (κ3) is 3.66. The maximum Gasteiger partial charge on any atom is 0.273 e. The largest absolute Gasteiger partial charge is 0.370 e. The van der Waals surface area contributed by atoms with Crippen molar-refractivity contribution in [2.75, 3.05) is 19.7 Å². The Morgan fingerprint density at radius 1 is 1.28 bits per heavy atom. The first kappa shape index (κ1) is 17.0. The van der Waals surface area contributed by atoms with Gasteiger partial charge in [-0.2, -0.15) is 0 Å². The van der Waals surface area contributed by atoms with Crippen molar-refractivity contribution in [2.24, 2.45) is 0 Å². The van der Waals surface area contributed by atoms with Crippen LogP contribution in [0.2, 0.25) is 0 Å². The minimum atomic E-state index is -0.493. The van der Waals surface area contributed by atoms with E-state index in [1.165, 1.54) is 18.2 Å². The normalized spacial score (nSPS) is 17.4. The lowest BCUT2D eigenvalue weighted by molar-refractivity contribution is -0.385. The lowest BCUT2D eigenvalue weighted by atomic mass is 10.1. The fourth-order valence-corrected chi connectivity index (χ4v) is 2.83. The summed E-state index contributed by atoms with van der Waals surface area (Å²) in [6.07, 6.45) is -0.348. The Morgan fingerprint density at radius 3 is 2.68 bits per heavy atom. The van der Waals surface area contributed by atoms with Gasteiger partial charge < -0.3 is 9.64 Å². The number of hydrogen-bond donors (Lipinski definition) is 0. The molecule has 1 atom stereocenters. The van der Waals surface area contributed by atoms with E-state index in [-0.39, 0.29) is 29.1 Å². The molecule has 0 aromatic heterocycles. The maximum atomic E-state index is 13.1. The highest BCUT2D eigenvalue weighted by Crippen LogP contribution is 2.25. The van der Waals surface area contributed by atoms with Crippen LogP contribution in [0.5, 0.6) is 0 Å². The number of benzene rings is 2. The lowest BCUT2D eigenvalue weighted by Gasteiger charge is -2.33. The van der Waals surface area contributed by atoms with Crippen LogP contribution in [0.15, 0.2) is 42.5 Å². The summed E-state index contributed by atoms with van der Waals surface area (Å²) in [7, 11) is 0. The van der Waals surface area contributed by atoms with Crippen molar-refractivity contribution in [2.45, 2.75) is 13.0 Å². The van der Waals surface area contributed by atoms with E-state index in [1.54, 1.807) is 36.1 Å². The summed E-state index contributed by atoms with van der Waals surface area (Å²) in [4.78, 5) is 24.9. The Balaban J connectivity index is 1.79. The molecule has 1 unspecified atom stereocenters. The topological polar surface area (TPSA) is 72.7 Å². The standard InChI is InChI=1S/C18H17FN2O4/c1-12-2-3-14(10-16(12)21(23)24)18(22)20-8-9-25-17(11-20)13-4-6-15(19)7-5-13/h2-7,10,17H,8-9,11H2,1H3. The molecule has 1 heterocycles. The smallest absolute Gasteiger partial charge is 0.273 e. The van der Waals surface area contributed by atoms with Crippen molar-refractivity contribution in [3.05, 3.63) is 75.1 Å². The minimum Gasteiger partial charge on any atom is -0.370 e. The number of ether oxygens (including phenoxy) is 1. The monoisotopic (exact) mass is 344 g/mol. The van der Waals surface area contributed by atoms with E-state index in [9.17, 15) is 19.3 Å². The highest BCUT2D eigenvalue weighted by molar-refractivity contribution is 5.95. The molecule has 2 aromatic rings. The van der Waals surface area contributed by atoms with Gasteiger partial charge in [0.2, 0.25) is 0 Å². The summed E-state index contributed by atoms with van der Waals surface area (Å²) in [5, 5.41) is 11.1. The molecule has 1 amide bonds. The zero-order valence-corrected chi connectivity index (χ0v) is 13.6. The van der Waals surface area contributed by atoms with Crippen molar-refractivity contribution in [1.29, 1.82) is 0 Å². The first-order valence-electron chi connectivity index (χ1n) is 7.87. The van der Waals surface area contributed by atoms with Gasteiger partial charge in [-0.3, -0.25) is 14.9 Å². The number of carbonyl (C=O) groups is 1. The van der Waals surface area contributed by atoms with Gasteiger partial charge in [-0.25, -0.2) is 4.39 Å². The molecular formula is C18H17FN2O4. The number of halogens is 1. The predicted octanol–water partition coefficient (Wildman–Crippen LogP) is 3.26. The molecule has 0 bridgehead atoms. The van der Waals surface area contributed by atoms with E-state index in [0.717, 1.165) is 5.56 Å². The molecule has 0 radical (unpaired) electrons. The third-order valence-electron chi connectivity index (χ3n) is 4.25. The average molecular weight is 344 g/mol. The zero-order valence-electron chi connectivity index (χ0n) is 13.6. The molecule has 7 heteroatoms. The van der Waals surface area contributed by atoms with Gasteiger partial charge >= 0.3 is 0 Å². The van der Waals surface area contributed by atoms with Gasteiger partial charge in [-0.15, -0.1) is 0 Å². The van der Waals surface area contributed by atoms with Crippen molar-refractivity contribution >= 4 is 11.6 Å². The van der Waals surface area contributed by atoms with Gasteiger partial charge in [0.15, 0.2) is 0 Å². The minimum absolute atomic E-state index is 0.0748. The molecule has 3 rings (SSSR count). The number of amides is 1. The van der Waals surface area contributed by atoms with Crippen LogP contribution in [-0.2, 0) is 4.74 Å². The van der Waals surface area contributed by atoms with Crippen LogP contribution in [0.4, 0.5) is 10.1 Å². The van der Waals surface area contributed by atoms with E-state index >= 15 is 0 Å². The fourth-order valence-electron chi connectivity index (χ4n) is 2.83. The number of hydrogen-bond acceptors (Lipinski definition) is 4. The molecule has 0 N–H and O–H groups in total. The molecule has 1 aliphatic rings. The second-order valence-electron chi connectivity index (χ2n) is 5.92. The Morgan fingerprint density at radius 2 is 2.00 bits per heavy atom. The van der Waals surface area contributed by atoms with Crippen LogP contribution >= 0.6 is 0 Å². The molecule has 0 spiro atoms. The van der Waals surface area contributed by atoms with Crippen LogP contribution in [0.1, 0.15) is 27.6 Å². The van der Waals surface area contributed by atoms with Gasteiger partial charge in [0.25, 0.3) is 11.6 Å². The summed E-state index contributed by atoms with van der Waals surface area (Å²) in [5.74, 6) is -0.613. The Hall–Kier alpha value is -2.80. The molecular weight excluding hydrogens is 327 g/mol. The van der Waals surface area contributed by atoms with Gasteiger partial charge in [0.1, 0.15) is 11.9 Å². The third-order valence-corrected chi connectivity index (χ3v) is 4.25. The van der Waals surface area contributed by atoms with E-state index in [2.05, 4.69) is 0 Å². The summed E-state index contributed by atoms with van der Waals surface area (Å²) >= 11 is 0. The summed E-state index contributed by atoms with van der Waals surface area (Å²) < 4.78 is 18.7. The zero-order chi connectivity index (χ0) is 18.0. The molecule has 130 valence electrons. The second kappa shape index (κ2) is 6.98. The second-order valence-corrected chi connectivity index (χ2v) is 5.92. The molecule has 1 saturated heterocycles. The first-order chi connectivity index (χ1) is 12.0. The number of aryl methyl sites for hydroxylation is 1. The number of nitro benzene ring substituents is 1. The van der Waals surface area contributed by atoms with Crippen LogP contribution in [0.25, 0.3) is 0 Å². The highest BCUT2D eigenvalue weighted by Gasteiger charge is 2.27. The Bertz CT molecular complexity index is 807. The van der Waals surface area contributed by atoms with E-state index < -0.39 is 4.92 Å². The molecule has 1 fully saturated rings. The summed E-state index contributed by atoms with van der Waals surface area (Å²) in [6, 6.07) is 10.4. The molecule has 25 heavy (non-hydrogen) atoms. The predicted molar refractivity (Wildman–Crippen MR) is 88.8 cm³/mol. The van der Waals surface area contributed by atoms with Crippen molar-refractivity contribution < 1.29 is 18.8 Å². The van der Waals surface area contributed by atoms with Crippen LogP contribution in [0.3, 0.4) is 0 Å². The Labute approximate surface area is 144 Å². The molecule has 0 aliphatic carbocycles. The molecule has 6 nitrogen and oxygen atoms in total. The highest BCUT2D eigenvalue weighted by atomic mass is 19.1. The first-order valence-corrected chi connectivity index (χ1v) is 7.87. The Kier molecular flexibility index (Phi) is 4.76. The number of morpholine rings is 1. The number of carbonyl (C=O) groups excluding carboxylic acids is 1. The number of nitro groups is 1. The summed E-state index contributed by atoms with van der Waals surface area (Å²) in [5.41, 5.74) is 1.49. The molecule has 0 saturated carbocycles. The quantitative estimate of drug-likeness (QED) is 0.633. The van der Waals surface area contributed by atoms with Crippen molar-refractivity contribution in [3.63, 3.8) is 0 Å². The van der Waals surface area contributed by atoms with E-state index in [4.69, 9.17) is 4.74 Å². The van der Waals surface area contributed by atoms with E-state index in [1.807, 2.05) is 0 Å². The fraction of sp³-hybridized carbons (Fsp3) is 0.278. The van der Waals surface area contributed by atoms with Crippen LogP contribution in [0, 0.1) is 22.9 Å². The SMILES string of the molecule is Cc1ccc(C(=O)N2CCOC(c3ccc(F)cc3)C2)cc1[N+](=O)[O-]. The van der Waals surface area contributed by atoms with Gasteiger partial charge in [0.05, 0.1) is 18.1 Å². The van der Waals surface area contributed by atoms with E-state index in [0.29, 0.717) is 25.3 Å². The lowest BCUT2D eigenvalue weighted by Crippen LogP contribution is -2.42. The average Bonchev–Trinajstić information content (AvgIpc) is 2.62. The number of rotatable bonds is 3.